The van der Waals surface area contributed by atoms with Gasteiger partial charge in [0.2, 0.25) is 0 Å². The van der Waals surface area contributed by atoms with E-state index in [4.69, 9.17) is 4.74 Å². The van der Waals surface area contributed by atoms with E-state index in [-0.39, 0.29) is 12.0 Å². The Morgan fingerprint density at radius 2 is 2.37 bits per heavy atom. The normalized spacial score (nSPS) is 19.8. The summed E-state index contributed by atoms with van der Waals surface area (Å²) in [5.74, 6) is 0.102. The van der Waals surface area contributed by atoms with Crippen molar-refractivity contribution in [3.8, 4) is 0 Å². The molecule has 0 spiro atoms. The number of H-pyrrole nitrogens is 1. The third kappa shape index (κ3) is 2.36. The van der Waals surface area contributed by atoms with Gasteiger partial charge in [0.05, 0.1) is 12.7 Å². The molecule has 4 nitrogen and oxygen atoms in total. The summed E-state index contributed by atoms with van der Waals surface area (Å²) in [7, 11) is 0. The van der Waals surface area contributed by atoms with Crippen LogP contribution in [0.15, 0.2) is 30.5 Å². The molecule has 100 valence electrons. The van der Waals surface area contributed by atoms with E-state index in [9.17, 15) is 4.79 Å². The van der Waals surface area contributed by atoms with Crippen LogP contribution in [0, 0.1) is 0 Å². The molecule has 1 amide bonds. The number of nitrogens with zero attached hydrogens (tertiary/aromatic N) is 1. The van der Waals surface area contributed by atoms with Crippen molar-refractivity contribution in [1.82, 2.24) is 9.88 Å². The number of fused-ring (bicyclic) bond motifs is 1. The Morgan fingerprint density at radius 3 is 3.21 bits per heavy atom. The number of benzene rings is 1. The van der Waals surface area contributed by atoms with Crippen molar-refractivity contribution in [2.24, 2.45) is 0 Å². The highest BCUT2D eigenvalue weighted by Gasteiger charge is 2.24. The van der Waals surface area contributed by atoms with Crippen LogP contribution < -0.4 is 0 Å². The maximum absolute atomic E-state index is 12.5. The van der Waals surface area contributed by atoms with Gasteiger partial charge in [-0.3, -0.25) is 4.79 Å². The zero-order chi connectivity index (χ0) is 13.2. The second kappa shape index (κ2) is 5.05. The fourth-order valence-corrected chi connectivity index (χ4v) is 2.52. The molecular weight excluding hydrogens is 240 g/mol. The minimum Gasteiger partial charge on any atom is -0.375 e. The predicted molar refractivity (Wildman–Crippen MR) is 74.2 cm³/mol. The summed E-state index contributed by atoms with van der Waals surface area (Å²) >= 11 is 0. The minimum atomic E-state index is 0.102. The molecule has 1 aromatic heterocycles. The molecule has 0 radical (unpaired) electrons. The Labute approximate surface area is 112 Å². The molecule has 0 bridgehead atoms. The first kappa shape index (κ1) is 12.2. The van der Waals surface area contributed by atoms with Crippen molar-refractivity contribution >= 4 is 16.8 Å². The molecule has 4 heteroatoms. The topological polar surface area (TPSA) is 45.3 Å². The Balaban J connectivity index is 1.82. The third-order valence-corrected chi connectivity index (χ3v) is 3.68. The lowest BCUT2D eigenvalue weighted by Crippen LogP contribution is -2.45. The number of aromatic nitrogens is 1. The molecular formula is C15H18N2O2. The SMILES string of the molecule is CCC1CN(C(=O)c2ccc3[nH]ccc3c2)CCO1. The van der Waals surface area contributed by atoms with E-state index in [1.807, 2.05) is 35.4 Å². The molecule has 1 atom stereocenters. The van der Waals surface area contributed by atoms with Crippen LogP contribution in [0.4, 0.5) is 0 Å². The summed E-state index contributed by atoms with van der Waals surface area (Å²) < 4.78 is 5.60. The molecule has 1 unspecified atom stereocenters. The summed E-state index contributed by atoms with van der Waals surface area (Å²) in [6.07, 6.45) is 3.01. The molecule has 0 aliphatic carbocycles. The van der Waals surface area contributed by atoms with Crippen molar-refractivity contribution in [2.75, 3.05) is 19.7 Å². The van der Waals surface area contributed by atoms with Gasteiger partial charge in [-0.15, -0.1) is 0 Å². The van der Waals surface area contributed by atoms with Gasteiger partial charge in [0, 0.05) is 35.8 Å². The second-order valence-corrected chi connectivity index (χ2v) is 4.93. The van der Waals surface area contributed by atoms with Crippen LogP contribution in [0.3, 0.4) is 0 Å². The monoisotopic (exact) mass is 258 g/mol. The fraction of sp³-hybridized carbons (Fsp3) is 0.400. The van der Waals surface area contributed by atoms with E-state index in [2.05, 4.69) is 11.9 Å². The number of nitrogens with one attached hydrogen (secondary N) is 1. The predicted octanol–water partition coefficient (Wildman–Crippen LogP) is 2.42. The Hall–Kier alpha value is -1.81. The van der Waals surface area contributed by atoms with E-state index in [0.29, 0.717) is 19.7 Å². The van der Waals surface area contributed by atoms with Gasteiger partial charge in [-0.25, -0.2) is 0 Å². The van der Waals surface area contributed by atoms with E-state index < -0.39 is 0 Å². The van der Waals surface area contributed by atoms with Crippen LogP contribution in [0.25, 0.3) is 10.9 Å². The van der Waals surface area contributed by atoms with E-state index in [0.717, 1.165) is 22.9 Å². The van der Waals surface area contributed by atoms with Crippen molar-refractivity contribution in [2.45, 2.75) is 19.4 Å². The van der Waals surface area contributed by atoms with Crippen LogP contribution in [-0.2, 0) is 4.74 Å². The highest BCUT2D eigenvalue weighted by Crippen LogP contribution is 2.17. The van der Waals surface area contributed by atoms with Crippen molar-refractivity contribution < 1.29 is 9.53 Å². The maximum atomic E-state index is 12.5. The standard InChI is InChI=1S/C15H18N2O2/c1-2-13-10-17(7-8-19-13)15(18)12-3-4-14-11(9-12)5-6-16-14/h3-6,9,13,16H,2,7-8,10H2,1H3. The summed E-state index contributed by atoms with van der Waals surface area (Å²) in [6, 6.07) is 7.78. The quantitative estimate of drug-likeness (QED) is 0.899. The molecule has 1 fully saturated rings. The van der Waals surface area contributed by atoms with Crippen LogP contribution >= 0.6 is 0 Å². The second-order valence-electron chi connectivity index (χ2n) is 4.93. The largest absolute Gasteiger partial charge is 0.375 e. The number of rotatable bonds is 2. The molecule has 19 heavy (non-hydrogen) atoms. The average Bonchev–Trinajstić information content (AvgIpc) is 2.94. The van der Waals surface area contributed by atoms with Gasteiger partial charge < -0.3 is 14.6 Å². The minimum absolute atomic E-state index is 0.102. The summed E-state index contributed by atoms with van der Waals surface area (Å²) in [6.45, 7) is 4.10. The first-order chi connectivity index (χ1) is 9.28. The van der Waals surface area contributed by atoms with E-state index >= 15 is 0 Å². The van der Waals surface area contributed by atoms with Crippen LogP contribution in [0.5, 0.6) is 0 Å². The summed E-state index contributed by atoms with van der Waals surface area (Å²) in [5.41, 5.74) is 1.81. The lowest BCUT2D eigenvalue weighted by molar-refractivity contribution is -0.0226. The van der Waals surface area contributed by atoms with Gasteiger partial charge in [0.1, 0.15) is 0 Å². The van der Waals surface area contributed by atoms with Crippen LogP contribution in [-0.4, -0.2) is 41.6 Å². The molecule has 1 aromatic carbocycles. The molecule has 1 saturated heterocycles. The maximum Gasteiger partial charge on any atom is 0.254 e. The molecule has 1 aliphatic heterocycles. The number of morpholine rings is 1. The molecule has 3 rings (SSSR count). The van der Waals surface area contributed by atoms with E-state index in [1.165, 1.54) is 0 Å². The highest BCUT2D eigenvalue weighted by molar-refractivity contribution is 5.98. The summed E-state index contributed by atoms with van der Waals surface area (Å²) in [4.78, 5) is 17.5. The van der Waals surface area contributed by atoms with Crippen molar-refractivity contribution in [3.05, 3.63) is 36.0 Å². The zero-order valence-corrected chi connectivity index (χ0v) is 11.1. The lowest BCUT2D eigenvalue weighted by Gasteiger charge is -2.32. The van der Waals surface area contributed by atoms with Crippen LogP contribution in [0.1, 0.15) is 23.7 Å². The average molecular weight is 258 g/mol. The zero-order valence-electron chi connectivity index (χ0n) is 11.1. The number of hydrogen-bond acceptors (Lipinski definition) is 2. The van der Waals surface area contributed by atoms with Crippen molar-refractivity contribution in [1.29, 1.82) is 0 Å². The molecule has 1 aliphatic rings. The van der Waals surface area contributed by atoms with Gasteiger partial charge in [-0.2, -0.15) is 0 Å². The van der Waals surface area contributed by atoms with Crippen LogP contribution in [0.2, 0.25) is 0 Å². The molecule has 1 N–H and O–H groups in total. The highest BCUT2D eigenvalue weighted by atomic mass is 16.5. The Bertz CT molecular complexity index is 591. The van der Waals surface area contributed by atoms with Gasteiger partial charge >= 0.3 is 0 Å². The number of ether oxygens (including phenoxy) is 1. The molecule has 0 saturated carbocycles. The number of carbonyl (C=O) groups is 1. The van der Waals surface area contributed by atoms with Gasteiger partial charge in [-0.1, -0.05) is 6.92 Å². The summed E-state index contributed by atoms with van der Waals surface area (Å²) in [5, 5.41) is 1.08. The van der Waals surface area contributed by atoms with Crippen molar-refractivity contribution in [3.63, 3.8) is 0 Å². The first-order valence-electron chi connectivity index (χ1n) is 6.76. The van der Waals surface area contributed by atoms with Gasteiger partial charge in [-0.05, 0) is 30.7 Å². The fourth-order valence-electron chi connectivity index (χ4n) is 2.52. The smallest absolute Gasteiger partial charge is 0.254 e. The lowest BCUT2D eigenvalue weighted by atomic mass is 10.1. The van der Waals surface area contributed by atoms with E-state index in [1.54, 1.807) is 0 Å². The number of hydrogen-bond donors (Lipinski definition) is 1. The molecule has 2 aromatic rings. The Kier molecular flexibility index (Phi) is 3.25. The van der Waals surface area contributed by atoms with Gasteiger partial charge in [0.25, 0.3) is 5.91 Å². The first-order valence-corrected chi connectivity index (χ1v) is 6.76. The number of amides is 1. The number of carbonyl (C=O) groups excluding carboxylic acids is 1. The number of aromatic amines is 1. The Morgan fingerprint density at radius 1 is 1.47 bits per heavy atom. The van der Waals surface area contributed by atoms with Gasteiger partial charge in [0.15, 0.2) is 0 Å². The molecule has 2 heterocycles. The third-order valence-electron chi connectivity index (χ3n) is 3.68.